The van der Waals surface area contributed by atoms with Crippen molar-refractivity contribution in [3.63, 3.8) is 0 Å². The Morgan fingerprint density at radius 2 is 1.85 bits per heavy atom. The third kappa shape index (κ3) is 5.76. The summed E-state index contributed by atoms with van der Waals surface area (Å²) in [5.41, 5.74) is 2.79. The Morgan fingerprint density at radius 3 is 2.55 bits per heavy atom. The summed E-state index contributed by atoms with van der Waals surface area (Å²) in [6.45, 7) is 4.55. The predicted molar refractivity (Wildman–Crippen MR) is 132 cm³/mol. The van der Waals surface area contributed by atoms with Crippen LogP contribution in [0.25, 0.3) is 0 Å². The van der Waals surface area contributed by atoms with E-state index < -0.39 is 0 Å². The van der Waals surface area contributed by atoms with Gasteiger partial charge in [0.15, 0.2) is 0 Å². The zero-order valence-electron chi connectivity index (χ0n) is 20.2. The van der Waals surface area contributed by atoms with E-state index in [4.69, 9.17) is 0 Å². The van der Waals surface area contributed by atoms with Gasteiger partial charge in [0.1, 0.15) is 11.5 Å². The molecule has 180 valence electrons. The van der Waals surface area contributed by atoms with E-state index in [1.807, 2.05) is 0 Å². The van der Waals surface area contributed by atoms with Crippen molar-refractivity contribution < 1.29 is 4.79 Å². The number of allylic oxidation sites excluding steroid dienone is 2. The maximum absolute atomic E-state index is 12.5. The fourth-order valence-corrected chi connectivity index (χ4v) is 6.24. The molecule has 0 bridgehead atoms. The molecule has 5 rings (SSSR count). The zero-order chi connectivity index (χ0) is 22.5. The van der Waals surface area contributed by atoms with E-state index >= 15 is 0 Å². The van der Waals surface area contributed by atoms with Crippen LogP contribution in [0.1, 0.15) is 94.0 Å². The SMILES string of the molecule is O=C(NC1CCCCC1)c1cnc(N2CCC(C/C=C3/CCCC4(CC3)CNC4)CC2)cn1. The maximum Gasteiger partial charge on any atom is 0.271 e. The molecule has 1 amide bonds. The lowest BCUT2D eigenvalue weighted by Gasteiger charge is -2.42. The second-order valence-corrected chi connectivity index (χ2v) is 11.1. The van der Waals surface area contributed by atoms with Crippen LogP contribution in [0, 0.1) is 11.3 Å². The summed E-state index contributed by atoms with van der Waals surface area (Å²) in [6.07, 6.45) is 22.4. The molecule has 1 spiro atoms. The second-order valence-electron chi connectivity index (χ2n) is 11.1. The summed E-state index contributed by atoms with van der Waals surface area (Å²) in [5, 5.41) is 6.62. The molecule has 0 aromatic carbocycles. The van der Waals surface area contributed by atoms with E-state index in [1.165, 1.54) is 83.7 Å². The van der Waals surface area contributed by atoms with Gasteiger partial charge in [-0.3, -0.25) is 4.79 Å². The first-order chi connectivity index (χ1) is 16.2. The number of carbonyl (C=O) groups is 1. The molecule has 2 N–H and O–H groups in total. The van der Waals surface area contributed by atoms with Crippen LogP contribution in [0.2, 0.25) is 0 Å². The first-order valence-corrected chi connectivity index (χ1v) is 13.5. The number of piperidine rings is 1. The minimum absolute atomic E-state index is 0.0781. The number of amides is 1. The standard InChI is InChI=1S/C27H41N5O/c33-26(31-23-6-2-1-3-7-23)24-17-30-25(18-29-24)32-15-11-22(12-16-32)9-8-21-5-4-13-27(14-10-21)19-28-20-27/h8,17-18,22-23,28H,1-7,9-16,19-20H2,(H,31,33)/b21-8-. The first-order valence-electron chi connectivity index (χ1n) is 13.5. The number of hydrogen-bond donors (Lipinski definition) is 2. The minimum atomic E-state index is -0.0781. The molecular weight excluding hydrogens is 410 g/mol. The average molecular weight is 452 g/mol. The quantitative estimate of drug-likeness (QED) is 0.639. The van der Waals surface area contributed by atoms with Crippen LogP contribution in [-0.4, -0.2) is 48.1 Å². The lowest BCUT2D eigenvalue weighted by atomic mass is 9.75. The molecule has 0 radical (unpaired) electrons. The first kappa shape index (κ1) is 22.8. The Balaban J connectivity index is 1.06. The minimum Gasteiger partial charge on any atom is -0.355 e. The monoisotopic (exact) mass is 451 g/mol. The van der Waals surface area contributed by atoms with Crippen molar-refractivity contribution in [1.82, 2.24) is 20.6 Å². The van der Waals surface area contributed by atoms with Gasteiger partial charge in [-0.25, -0.2) is 9.97 Å². The van der Waals surface area contributed by atoms with Crippen LogP contribution in [0.5, 0.6) is 0 Å². The fourth-order valence-electron chi connectivity index (χ4n) is 6.24. The number of nitrogens with one attached hydrogen (secondary N) is 2. The second kappa shape index (κ2) is 10.5. The summed E-state index contributed by atoms with van der Waals surface area (Å²) < 4.78 is 0. The Morgan fingerprint density at radius 1 is 1.03 bits per heavy atom. The van der Waals surface area contributed by atoms with E-state index in [1.54, 1.807) is 18.0 Å². The van der Waals surface area contributed by atoms with Gasteiger partial charge < -0.3 is 15.5 Å². The van der Waals surface area contributed by atoms with Gasteiger partial charge >= 0.3 is 0 Å². The highest BCUT2D eigenvalue weighted by Gasteiger charge is 2.37. The topological polar surface area (TPSA) is 70.2 Å². The Bertz CT molecular complexity index is 817. The summed E-state index contributed by atoms with van der Waals surface area (Å²) in [4.78, 5) is 23.8. The molecule has 2 aliphatic heterocycles. The van der Waals surface area contributed by atoms with Crippen molar-refractivity contribution in [1.29, 1.82) is 0 Å². The molecule has 6 heteroatoms. The van der Waals surface area contributed by atoms with Gasteiger partial charge in [-0.1, -0.05) is 30.9 Å². The largest absolute Gasteiger partial charge is 0.355 e. The van der Waals surface area contributed by atoms with Crippen molar-refractivity contribution >= 4 is 11.7 Å². The summed E-state index contributed by atoms with van der Waals surface area (Å²) in [7, 11) is 0. The van der Waals surface area contributed by atoms with E-state index in [-0.39, 0.29) is 5.91 Å². The lowest BCUT2D eigenvalue weighted by molar-refractivity contribution is 0.0922. The predicted octanol–water partition coefficient (Wildman–Crippen LogP) is 4.63. The van der Waals surface area contributed by atoms with Crippen LogP contribution in [-0.2, 0) is 0 Å². The molecule has 33 heavy (non-hydrogen) atoms. The Kier molecular flexibility index (Phi) is 7.29. The molecule has 6 nitrogen and oxygen atoms in total. The number of nitrogens with zero attached hydrogens (tertiary/aromatic N) is 3. The van der Waals surface area contributed by atoms with Crippen LogP contribution < -0.4 is 15.5 Å². The van der Waals surface area contributed by atoms with Gasteiger partial charge in [-0.05, 0) is 75.5 Å². The van der Waals surface area contributed by atoms with Crippen molar-refractivity contribution in [2.45, 2.75) is 89.5 Å². The smallest absolute Gasteiger partial charge is 0.271 e. The van der Waals surface area contributed by atoms with Crippen molar-refractivity contribution in [2.75, 3.05) is 31.1 Å². The van der Waals surface area contributed by atoms with Crippen LogP contribution >= 0.6 is 0 Å². The molecule has 1 aromatic rings. The van der Waals surface area contributed by atoms with Gasteiger partial charge in [0.25, 0.3) is 5.91 Å². The summed E-state index contributed by atoms with van der Waals surface area (Å²) >= 11 is 0. The van der Waals surface area contributed by atoms with E-state index in [2.05, 4.69) is 31.6 Å². The molecule has 2 saturated carbocycles. The van der Waals surface area contributed by atoms with Gasteiger partial charge in [-0.15, -0.1) is 0 Å². The Hall–Kier alpha value is -1.95. The third-order valence-electron chi connectivity index (χ3n) is 8.67. The molecule has 2 saturated heterocycles. The maximum atomic E-state index is 12.5. The molecule has 4 fully saturated rings. The van der Waals surface area contributed by atoms with Crippen LogP contribution in [0.3, 0.4) is 0 Å². The number of carbonyl (C=O) groups excluding carboxylic acids is 1. The highest BCUT2D eigenvalue weighted by atomic mass is 16.1. The molecule has 3 heterocycles. The molecule has 2 aliphatic carbocycles. The zero-order valence-corrected chi connectivity index (χ0v) is 20.2. The van der Waals surface area contributed by atoms with Crippen molar-refractivity contribution in [3.05, 3.63) is 29.7 Å². The van der Waals surface area contributed by atoms with Crippen molar-refractivity contribution in [2.24, 2.45) is 11.3 Å². The molecule has 4 aliphatic rings. The van der Waals surface area contributed by atoms with Gasteiger partial charge in [0, 0.05) is 32.2 Å². The number of anilines is 1. The van der Waals surface area contributed by atoms with Crippen LogP contribution in [0.4, 0.5) is 5.82 Å². The Labute approximate surface area is 199 Å². The average Bonchev–Trinajstić information content (AvgIpc) is 3.07. The third-order valence-corrected chi connectivity index (χ3v) is 8.67. The number of aromatic nitrogens is 2. The lowest BCUT2D eigenvalue weighted by Crippen LogP contribution is -2.52. The van der Waals surface area contributed by atoms with Crippen molar-refractivity contribution in [3.8, 4) is 0 Å². The highest BCUT2D eigenvalue weighted by molar-refractivity contribution is 5.92. The molecule has 1 aromatic heterocycles. The number of hydrogen-bond acceptors (Lipinski definition) is 5. The summed E-state index contributed by atoms with van der Waals surface area (Å²) in [6, 6.07) is 0.302. The summed E-state index contributed by atoms with van der Waals surface area (Å²) in [5.74, 6) is 1.61. The molecule has 0 unspecified atom stereocenters. The molecular formula is C27H41N5O. The normalized spacial score (nSPS) is 25.6. The van der Waals surface area contributed by atoms with E-state index in [9.17, 15) is 4.79 Å². The van der Waals surface area contributed by atoms with Gasteiger partial charge in [-0.2, -0.15) is 0 Å². The van der Waals surface area contributed by atoms with Crippen LogP contribution in [0.15, 0.2) is 24.0 Å². The van der Waals surface area contributed by atoms with Gasteiger partial charge in [0.05, 0.1) is 12.4 Å². The van der Waals surface area contributed by atoms with E-state index in [0.29, 0.717) is 17.2 Å². The van der Waals surface area contributed by atoms with E-state index in [0.717, 1.165) is 37.7 Å². The fraction of sp³-hybridized carbons (Fsp3) is 0.741. The number of rotatable bonds is 5. The molecule has 0 atom stereocenters. The van der Waals surface area contributed by atoms with Gasteiger partial charge in [0.2, 0.25) is 0 Å². The highest BCUT2D eigenvalue weighted by Crippen LogP contribution is 2.40.